The van der Waals surface area contributed by atoms with Crippen LogP contribution < -0.4 is 10.2 Å². The van der Waals surface area contributed by atoms with Gasteiger partial charge < -0.3 is 20.1 Å². The van der Waals surface area contributed by atoms with Crippen LogP contribution in [0.3, 0.4) is 0 Å². The van der Waals surface area contributed by atoms with Crippen LogP contribution >= 0.6 is 0 Å². The lowest BCUT2D eigenvalue weighted by molar-refractivity contribution is 0.102. The van der Waals surface area contributed by atoms with Crippen molar-refractivity contribution in [3.8, 4) is 0 Å². The quantitative estimate of drug-likeness (QED) is 0.880. The van der Waals surface area contributed by atoms with Gasteiger partial charge in [0, 0.05) is 12.6 Å². The zero-order chi connectivity index (χ0) is 14.9. The highest BCUT2D eigenvalue weighted by molar-refractivity contribution is 5.50. The van der Waals surface area contributed by atoms with Crippen molar-refractivity contribution in [2.75, 3.05) is 23.4 Å². The summed E-state index contributed by atoms with van der Waals surface area (Å²) in [5, 5.41) is 13.1. The number of aliphatic hydroxyl groups is 1. The topological polar surface area (TPSA) is 70.5 Å². The third-order valence-electron chi connectivity index (χ3n) is 5.22. The molecule has 1 aromatic rings. The van der Waals surface area contributed by atoms with E-state index in [0.717, 1.165) is 43.9 Å². The van der Waals surface area contributed by atoms with Crippen molar-refractivity contribution in [3.05, 3.63) is 12.4 Å². The molecule has 6 nitrogen and oxygen atoms in total. The summed E-state index contributed by atoms with van der Waals surface area (Å²) in [4.78, 5) is 11.0. The molecule has 4 rings (SSSR count). The smallest absolute Gasteiger partial charge is 0.134 e. The van der Waals surface area contributed by atoms with Crippen molar-refractivity contribution in [1.29, 1.82) is 0 Å². The first-order valence-corrected chi connectivity index (χ1v) is 8.45. The molecule has 1 aromatic heterocycles. The molecule has 6 heteroatoms. The van der Waals surface area contributed by atoms with E-state index < -0.39 is 0 Å². The largest absolute Gasteiger partial charge is 0.394 e. The minimum atomic E-state index is 0.183. The summed E-state index contributed by atoms with van der Waals surface area (Å²) >= 11 is 0. The second-order valence-electron chi connectivity index (χ2n) is 6.65. The van der Waals surface area contributed by atoms with Crippen LogP contribution in [0.2, 0.25) is 0 Å². The normalized spacial score (nSPS) is 34.1. The Balaban J connectivity index is 1.48. The molecular weight excluding hydrogens is 280 g/mol. The second kappa shape index (κ2) is 6.01. The van der Waals surface area contributed by atoms with E-state index in [0.29, 0.717) is 18.2 Å². The van der Waals surface area contributed by atoms with Crippen molar-refractivity contribution >= 4 is 11.6 Å². The summed E-state index contributed by atoms with van der Waals surface area (Å²) in [5.74, 6) is 1.79. The van der Waals surface area contributed by atoms with Crippen LogP contribution in [0.25, 0.3) is 0 Å². The lowest BCUT2D eigenvalue weighted by Gasteiger charge is -2.35. The first kappa shape index (κ1) is 14.2. The van der Waals surface area contributed by atoms with Crippen LogP contribution in [-0.2, 0) is 4.74 Å². The average Bonchev–Trinajstić information content (AvgIpc) is 3.18. The molecule has 2 N–H and O–H groups in total. The maximum Gasteiger partial charge on any atom is 0.134 e. The predicted molar refractivity (Wildman–Crippen MR) is 84.0 cm³/mol. The maximum absolute atomic E-state index is 9.58. The zero-order valence-corrected chi connectivity index (χ0v) is 12.8. The number of rotatable bonds is 4. The predicted octanol–water partition coefficient (Wildman–Crippen LogP) is 1.56. The number of anilines is 2. The molecule has 2 bridgehead atoms. The number of nitrogens with zero attached hydrogens (tertiary/aromatic N) is 3. The van der Waals surface area contributed by atoms with Crippen LogP contribution in [0.15, 0.2) is 12.4 Å². The number of nitrogens with one attached hydrogen (secondary N) is 1. The number of aliphatic hydroxyl groups excluding tert-OH is 1. The van der Waals surface area contributed by atoms with E-state index >= 15 is 0 Å². The van der Waals surface area contributed by atoms with Gasteiger partial charge in [0.05, 0.1) is 30.9 Å². The van der Waals surface area contributed by atoms with Crippen LogP contribution in [0.5, 0.6) is 0 Å². The molecule has 22 heavy (non-hydrogen) atoms. The summed E-state index contributed by atoms with van der Waals surface area (Å²) in [5.41, 5.74) is 0. The monoisotopic (exact) mass is 304 g/mol. The molecule has 0 saturated carbocycles. The van der Waals surface area contributed by atoms with Gasteiger partial charge in [-0.15, -0.1) is 0 Å². The Morgan fingerprint density at radius 2 is 2.23 bits per heavy atom. The zero-order valence-electron chi connectivity index (χ0n) is 12.8. The number of hydrogen-bond acceptors (Lipinski definition) is 6. The fourth-order valence-electron chi connectivity index (χ4n) is 4.05. The highest BCUT2D eigenvalue weighted by Gasteiger charge is 2.40. The van der Waals surface area contributed by atoms with Crippen molar-refractivity contribution in [3.63, 3.8) is 0 Å². The molecule has 3 unspecified atom stereocenters. The molecule has 3 aliphatic heterocycles. The summed E-state index contributed by atoms with van der Waals surface area (Å²) in [6.45, 7) is 1.14. The van der Waals surface area contributed by atoms with Gasteiger partial charge in [-0.3, -0.25) is 0 Å². The lowest BCUT2D eigenvalue weighted by atomic mass is 9.95. The first-order valence-electron chi connectivity index (χ1n) is 8.45. The molecule has 3 aliphatic rings. The van der Waals surface area contributed by atoms with Gasteiger partial charge in [0.2, 0.25) is 0 Å². The maximum atomic E-state index is 9.58. The van der Waals surface area contributed by atoms with E-state index in [1.807, 2.05) is 6.07 Å². The van der Waals surface area contributed by atoms with Crippen LogP contribution in [0, 0.1) is 0 Å². The Labute approximate surface area is 130 Å². The molecule has 4 heterocycles. The van der Waals surface area contributed by atoms with Gasteiger partial charge in [0.15, 0.2) is 0 Å². The SMILES string of the molecule is OCC1CCCCN1c1cc(N[C@H]2CC3CCC2O3)ncn1. The summed E-state index contributed by atoms with van der Waals surface area (Å²) in [6.07, 6.45) is 9.19. The highest BCUT2D eigenvalue weighted by Crippen LogP contribution is 2.36. The molecule has 0 spiro atoms. The van der Waals surface area contributed by atoms with Gasteiger partial charge in [0.1, 0.15) is 18.0 Å². The molecule has 0 aromatic carbocycles. The number of ether oxygens (including phenoxy) is 1. The second-order valence-corrected chi connectivity index (χ2v) is 6.65. The van der Waals surface area contributed by atoms with Crippen molar-refractivity contribution in [2.24, 2.45) is 0 Å². The van der Waals surface area contributed by atoms with E-state index in [1.54, 1.807) is 6.33 Å². The van der Waals surface area contributed by atoms with E-state index in [2.05, 4.69) is 20.2 Å². The minimum absolute atomic E-state index is 0.183. The third-order valence-corrected chi connectivity index (χ3v) is 5.22. The number of piperidine rings is 1. The van der Waals surface area contributed by atoms with Crippen molar-refractivity contribution in [2.45, 2.75) is 62.8 Å². The van der Waals surface area contributed by atoms with E-state index in [1.165, 1.54) is 12.8 Å². The van der Waals surface area contributed by atoms with E-state index in [9.17, 15) is 5.11 Å². The summed E-state index contributed by atoms with van der Waals surface area (Å²) in [6, 6.07) is 2.57. The molecule has 4 atom stereocenters. The molecule has 120 valence electrons. The number of aromatic nitrogens is 2. The third kappa shape index (κ3) is 2.65. The molecule has 0 amide bonds. The van der Waals surface area contributed by atoms with Gasteiger partial charge in [0.25, 0.3) is 0 Å². The Kier molecular flexibility index (Phi) is 3.88. The highest BCUT2D eigenvalue weighted by atomic mass is 16.5. The lowest BCUT2D eigenvalue weighted by Crippen LogP contribution is -2.42. The molecule has 0 radical (unpaired) electrons. The van der Waals surface area contributed by atoms with Crippen LogP contribution in [-0.4, -0.2) is 52.5 Å². The van der Waals surface area contributed by atoms with Gasteiger partial charge in [-0.1, -0.05) is 0 Å². The molecule has 0 aliphatic carbocycles. The van der Waals surface area contributed by atoms with Gasteiger partial charge in [-0.05, 0) is 38.5 Å². The van der Waals surface area contributed by atoms with E-state index in [4.69, 9.17) is 4.74 Å². The van der Waals surface area contributed by atoms with Crippen LogP contribution in [0.4, 0.5) is 11.6 Å². The first-order chi connectivity index (χ1) is 10.8. The number of fused-ring (bicyclic) bond motifs is 2. The Hall–Kier alpha value is -1.40. The minimum Gasteiger partial charge on any atom is -0.394 e. The molecule has 3 fully saturated rings. The standard InChI is InChI=1S/C16H24N4O2/c21-9-11-3-1-2-6-20(11)16-8-15(17-10-18-16)19-13-7-12-4-5-14(13)22-12/h8,10-14,21H,1-7,9H2,(H,17,18,19)/t11?,12?,13-,14?/m0/s1. The Morgan fingerprint density at radius 1 is 1.27 bits per heavy atom. The number of hydrogen-bond donors (Lipinski definition) is 2. The fraction of sp³-hybridized carbons (Fsp3) is 0.750. The fourth-order valence-corrected chi connectivity index (χ4v) is 4.05. The summed E-state index contributed by atoms with van der Waals surface area (Å²) < 4.78 is 5.89. The van der Waals surface area contributed by atoms with Crippen molar-refractivity contribution in [1.82, 2.24) is 9.97 Å². The average molecular weight is 304 g/mol. The van der Waals surface area contributed by atoms with Gasteiger partial charge >= 0.3 is 0 Å². The Bertz CT molecular complexity index is 527. The molecule has 3 saturated heterocycles. The summed E-state index contributed by atoms with van der Waals surface area (Å²) in [7, 11) is 0. The van der Waals surface area contributed by atoms with Crippen molar-refractivity contribution < 1.29 is 9.84 Å². The van der Waals surface area contributed by atoms with E-state index in [-0.39, 0.29) is 12.6 Å². The van der Waals surface area contributed by atoms with Crippen LogP contribution in [0.1, 0.15) is 38.5 Å². The van der Waals surface area contributed by atoms with Gasteiger partial charge in [-0.2, -0.15) is 0 Å². The molecular formula is C16H24N4O2. The Morgan fingerprint density at radius 3 is 3.00 bits per heavy atom. The van der Waals surface area contributed by atoms with Gasteiger partial charge in [-0.25, -0.2) is 9.97 Å².